The van der Waals surface area contributed by atoms with Gasteiger partial charge < -0.3 is 0 Å². The van der Waals surface area contributed by atoms with Crippen LogP contribution in [0.2, 0.25) is 0 Å². The molecule has 1 fully saturated rings. The first-order chi connectivity index (χ1) is 12.3. The smallest absolute Gasteiger partial charge is 0.0482 e. The molecule has 2 aromatic carbocycles. The summed E-state index contributed by atoms with van der Waals surface area (Å²) in [6.07, 6.45) is 6.17. The summed E-state index contributed by atoms with van der Waals surface area (Å²) in [5, 5.41) is 0. The molecule has 122 valence electrons. The van der Waals surface area contributed by atoms with E-state index >= 15 is 0 Å². The topological polar surface area (TPSA) is 15.9 Å². The molecule has 2 unspecified atom stereocenters. The number of hydrogen-bond acceptors (Lipinski definition) is 2. The van der Waals surface area contributed by atoms with Crippen molar-refractivity contribution in [3.8, 4) is 22.3 Å². The molecule has 0 saturated carbocycles. The third-order valence-electron chi connectivity index (χ3n) is 5.23. The summed E-state index contributed by atoms with van der Waals surface area (Å²) in [7, 11) is 0. The molecule has 3 aromatic rings. The molecule has 1 aromatic heterocycles. The van der Waals surface area contributed by atoms with Crippen LogP contribution in [0.5, 0.6) is 0 Å². The number of pyridine rings is 1. The number of rotatable bonds is 3. The molecule has 0 radical (unpaired) electrons. The molecule has 0 amide bonds. The lowest BCUT2D eigenvalue weighted by Gasteiger charge is -2.12. The normalized spacial score (nSPS) is 20.9. The molecule has 0 N–H and O–H groups in total. The van der Waals surface area contributed by atoms with Gasteiger partial charge in [-0.1, -0.05) is 42.0 Å². The Morgan fingerprint density at radius 3 is 2.36 bits per heavy atom. The second-order valence-electron chi connectivity index (χ2n) is 7.04. The Morgan fingerprint density at radius 1 is 0.880 bits per heavy atom. The Hall–Kier alpha value is -2.71. The third-order valence-corrected chi connectivity index (χ3v) is 5.23. The van der Waals surface area contributed by atoms with Gasteiger partial charge in [0.15, 0.2) is 0 Å². The molecule has 5 rings (SSSR count). The van der Waals surface area contributed by atoms with Crippen molar-refractivity contribution in [2.24, 2.45) is 0 Å². The highest BCUT2D eigenvalue weighted by atomic mass is 15.3. The maximum Gasteiger partial charge on any atom is 0.0482 e. The van der Waals surface area contributed by atoms with Crippen LogP contribution in [0.15, 0.2) is 73.1 Å². The lowest BCUT2D eigenvalue weighted by Crippen LogP contribution is -1.95. The second kappa shape index (κ2) is 5.68. The molecule has 25 heavy (non-hydrogen) atoms. The van der Waals surface area contributed by atoms with E-state index in [4.69, 9.17) is 0 Å². The van der Waals surface area contributed by atoms with Gasteiger partial charge in [0.2, 0.25) is 0 Å². The molecule has 0 bridgehead atoms. The van der Waals surface area contributed by atoms with E-state index in [-0.39, 0.29) is 0 Å². The van der Waals surface area contributed by atoms with E-state index in [1.54, 1.807) is 0 Å². The lowest BCUT2D eigenvalue weighted by molar-refractivity contribution is 0.624. The zero-order chi connectivity index (χ0) is 16.8. The first kappa shape index (κ1) is 14.6. The number of benzene rings is 2. The quantitative estimate of drug-likeness (QED) is 0.643. The van der Waals surface area contributed by atoms with Crippen molar-refractivity contribution in [1.29, 1.82) is 0 Å². The lowest BCUT2D eigenvalue weighted by atomic mass is 9.92. The fourth-order valence-corrected chi connectivity index (χ4v) is 3.82. The van der Waals surface area contributed by atoms with E-state index < -0.39 is 0 Å². The standard InChI is InChI=1S/C23H20N2/c1-16-4-2-5-17(10-16)19-11-20(18-6-3-8-24-14-18)13-21(12-19)22-7-9-25-15-23(22)25/h2-8,10-14,23H,9,15H2,1H3. The van der Waals surface area contributed by atoms with Crippen molar-refractivity contribution >= 4 is 5.57 Å². The maximum atomic E-state index is 4.31. The monoisotopic (exact) mass is 324 g/mol. The van der Waals surface area contributed by atoms with Gasteiger partial charge in [-0.2, -0.15) is 0 Å². The summed E-state index contributed by atoms with van der Waals surface area (Å²) in [6, 6.07) is 20.5. The highest BCUT2D eigenvalue weighted by Gasteiger charge is 2.40. The highest BCUT2D eigenvalue weighted by Crippen LogP contribution is 2.40. The minimum atomic E-state index is 0.634. The van der Waals surface area contributed by atoms with E-state index in [1.165, 1.54) is 45.5 Å². The summed E-state index contributed by atoms with van der Waals surface area (Å²) in [5.41, 5.74) is 9.09. The van der Waals surface area contributed by atoms with E-state index in [0.29, 0.717) is 6.04 Å². The van der Waals surface area contributed by atoms with Gasteiger partial charge in [-0.25, -0.2) is 0 Å². The zero-order valence-corrected chi connectivity index (χ0v) is 14.3. The van der Waals surface area contributed by atoms with Crippen LogP contribution in [0.1, 0.15) is 11.1 Å². The van der Waals surface area contributed by atoms with Crippen molar-refractivity contribution in [3.05, 3.63) is 84.2 Å². The number of fused-ring (bicyclic) bond motifs is 1. The summed E-state index contributed by atoms with van der Waals surface area (Å²) in [4.78, 5) is 6.80. The summed E-state index contributed by atoms with van der Waals surface area (Å²) in [6.45, 7) is 4.45. The van der Waals surface area contributed by atoms with E-state index in [9.17, 15) is 0 Å². The van der Waals surface area contributed by atoms with Crippen LogP contribution in [0.25, 0.3) is 27.8 Å². The Kier molecular flexibility index (Phi) is 3.32. The van der Waals surface area contributed by atoms with E-state index in [2.05, 4.69) is 71.4 Å². The Balaban J connectivity index is 1.67. The van der Waals surface area contributed by atoms with Gasteiger partial charge in [0.05, 0.1) is 0 Å². The molecule has 0 aliphatic carbocycles. The van der Waals surface area contributed by atoms with Gasteiger partial charge in [-0.05, 0) is 59.0 Å². The number of aromatic nitrogens is 1. The molecule has 2 nitrogen and oxygen atoms in total. The first-order valence-corrected chi connectivity index (χ1v) is 8.85. The summed E-state index contributed by atoms with van der Waals surface area (Å²) in [5.74, 6) is 0. The summed E-state index contributed by atoms with van der Waals surface area (Å²) < 4.78 is 0. The predicted octanol–water partition coefficient (Wildman–Crippen LogP) is 4.81. The van der Waals surface area contributed by atoms with Crippen molar-refractivity contribution in [1.82, 2.24) is 9.88 Å². The van der Waals surface area contributed by atoms with Gasteiger partial charge >= 0.3 is 0 Å². The molecule has 2 heteroatoms. The molecule has 2 atom stereocenters. The highest BCUT2D eigenvalue weighted by molar-refractivity contribution is 5.83. The van der Waals surface area contributed by atoms with Gasteiger partial charge in [-0.3, -0.25) is 9.88 Å². The van der Waals surface area contributed by atoms with E-state index in [1.807, 2.05) is 18.5 Å². The van der Waals surface area contributed by atoms with Crippen LogP contribution in [0, 0.1) is 6.92 Å². The van der Waals surface area contributed by atoms with E-state index in [0.717, 1.165) is 6.54 Å². The van der Waals surface area contributed by atoms with Crippen LogP contribution in [0.3, 0.4) is 0 Å². The van der Waals surface area contributed by atoms with Crippen molar-refractivity contribution in [3.63, 3.8) is 0 Å². The molecule has 0 spiro atoms. The van der Waals surface area contributed by atoms with Crippen LogP contribution >= 0.6 is 0 Å². The van der Waals surface area contributed by atoms with Gasteiger partial charge in [0.25, 0.3) is 0 Å². The molecule has 3 heterocycles. The Bertz CT molecular complexity index is 972. The van der Waals surface area contributed by atoms with Crippen LogP contribution in [-0.4, -0.2) is 29.0 Å². The third kappa shape index (κ3) is 2.69. The Labute approximate surface area is 148 Å². The SMILES string of the molecule is Cc1cccc(-c2cc(C3=CCN4CC34)cc(-c3cccnc3)c2)c1. The molecule has 2 aliphatic heterocycles. The average molecular weight is 324 g/mol. The summed E-state index contributed by atoms with van der Waals surface area (Å²) >= 11 is 0. The largest absolute Gasteiger partial charge is 0.289 e. The number of nitrogens with zero attached hydrogens (tertiary/aromatic N) is 2. The fraction of sp³-hybridized carbons (Fsp3) is 0.174. The fourth-order valence-electron chi connectivity index (χ4n) is 3.82. The first-order valence-electron chi connectivity index (χ1n) is 8.85. The Morgan fingerprint density at radius 2 is 1.68 bits per heavy atom. The molecular weight excluding hydrogens is 304 g/mol. The minimum Gasteiger partial charge on any atom is -0.289 e. The number of hydrogen-bond donors (Lipinski definition) is 0. The van der Waals surface area contributed by atoms with Gasteiger partial charge in [0.1, 0.15) is 0 Å². The van der Waals surface area contributed by atoms with Crippen LogP contribution in [-0.2, 0) is 0 Å². The minimum absolute atomic E-state index is 0.634. The second-order valence-corrected chi connectivity index (χ2v) is 7.04. The predicted molar refractivity (Wildman–Crippen MR) is 103 cm³/mol. The number of aryl methyl sites for hydroxylation is 1. The van der Waals surface area contributed by atoms with Crippen molar-refractivity contribution in [2.45, 2.75) is 13.0 Å². The van der Waals surface area contributed by atoms with Gasteiger partial charge in [0, 0.05) is 37.1 Å². The van der Waals surface area contributed by atoms with Gasteiger partial charge in [-0.15, -0.1) is 0 Å². The van der Waals surface area contributed by atoms with Crippen molar-refractivity contribution < 1.29 is 0 Å². The van der Waals surface area contributed by atoms with Crippen LogP contribution in [0.4, 0.5) is 0 Å². The molecular formula is C23H20N2. The molecule has 2 aliphatic rings. The van der Waals surface area contributed by atoms with Crippen LogP contribution < -0.4 is 0 Å². The average Bonchev–Trinajstić information content (AvgIpc) is 3.32. The molecule has 1 saturated heterocycles. The zero-order valence-electron chi connectivity index (χ0n) is 14.3. The van der Waals surface area contributed by atoms with Crippen molar-refractivity contribution in [2.75, 3.05) is 13.1 Å². The maximum absolute atomic E-state index is 4.31.